The van der Waals surface area contributed by atoms with E-state index in [9.17, 15) is 13.6 Å². The molecule has 0 fully saturated rings. The average molecular weight is 250 g/mol. The third-order valence-electron chi connectivity index (χ3n) is 1.89. The van der Waals surface area contributed by atoms with Gasteiger partial charge >= 0.3 is 5.97 Å². The van der Waals surface area contributed by atoms with E-state index in [1.54, 1.807) is 0 Å². The van der Waals surface area contributed by atoms with Crippen LogP contribution < -0.4 is 0 Å². The van der Waals surface area contributed by atoms with Crippen LogP contribution in [0.4, 0.5) is 8.78 Å². The van der Waals surface area contributed by atoms with Gasteiger partial charge in [-0.1, -0.05) is 0 Å². The molecule has 0 amide bonds. The van der Waals surface area contributed by atoms with Gasteiger partial charge in [-0.3, -0.25) is 9.78 Å². The van der Waals surface area contributed by atoms with Crippen LogP contribution in [0, 0.1) is 0 Å². The van der Waals surface area contributed by atoms with Crippen LogP contribution in [0.25, 0.3) is 0 Å². The van der Waals surface area contributed by atoms with Gasteiger partial charge in [-0.05, 0) is 17.7 Å². The topological polar surface area (TPSA) is 39.2 Å². The van der Waals surface area contributed by atoms with E-state index in [0.717, 1.165) is 0 Å². The first-order valence-corrected chi connectivity index (χ1v) is 5.01. The summed E-state index contributed by atoms with van der Waals surface area (Å²) in [6, 6.07) is 2.73. The summed E-state index contributed by atoms with van der Waals surface area (Å²) in [6.45, 7) is 0. The molecule has 1 rings (SSSR count). The number of esters is 1. The van der Waals surface area contributed by atoms with Gasteiger partial charge in [0.15, 0.2) is 0 Å². The van der Waals surface area contributed by atoms with Crippen molar-refractivity contribution in [3.05, 3.63) is 29.1 Å². The standard InChI is InChI=1S/C10H10ClF2NO2/c1-16-9(15)4-7-2-6(5-11)3-8(14-7)10(12)13/h2-3,10H,4-5H2,1H3. The number of methoxy groups -OCH3 is 1. The summed E-state index contributed by atoms with van der Waals surface area (Å²) in [4.78, 5) is 14.6. The predicted molar refractivity (Wildman–Crippen MR) is 54.5 cm³/mol. The van der Waals surface area contributed by atoms with Crippen molar-refractivity contribution in [2.24, 2.45) is 0 Å². The smallest absolute Gasteiger partial charge is 0.311 e. The first kappa shape index (κ1) is 12.8. The van der Waals surface area contributed by atoms with Gasteiger partial charge in [0, 0.05) is 5.88 Å². The number of carbonyl (C=O) groups is 1. The highest BCUT2D eigenvalue weighted by molar-refractivity contribution is 6.17. The summed E-state index contributed by atoms with van der Waals surface area (Å²) in [5.41, 5.74) is 0.364. The van der Waals surface area contributed by atoms with E-state index in [0.29, 0.717) is 5.56 Å². The van der Waals surface area contributed by atoms with Crippen LogP contribution in [-0.2, 0) is 21.8 Å². The number of alkyl halides is 3. The largest absolute Gasteiger partial charge is 0.469 e. The van der Waals surface area contributed by atoms with Crippen LogP contribution in [0.5, 0.6) is 0 Å². The molecule has 0 aliphatic carbocycles. The SMILES string of the molecule is COC(=O)Cc1cc(CCl)cc(C(F)F)n1. The molecule has 0 saturated heterocycles. The lowest BCUT2D eigenvalue weighted by molar-refractivity contribution is -0.139. The molecule has 0 spiro atoms. The Morgan fingerprint density at radius 3 is 2.75 bits per heavy atom. The van der Waals surface area contributed by atoms with E-state index in [1.807, 2.05) is 0 Å². The molecule has 1 heterocycles. The van der Waals surface area contributed by atoms with Gasteiger partial charge in [-0.25, -0.2) is 8.78 Å². The lowest BCUT2D eigenvalue weighted by Gasteiger charge is -2.06. The second-order valence-corrected chi connectivity index (χ2v) is 3.35. The van der Waals surface area contributed by atoms with Crippen LogP contribution in [0.3, 0.4) is 0 Å². The van der Waals surface area contributed by atoms with Crippen molar-refractivity contribution < 1.29 is 18.3 Å². The highest BCUT2D eigenvalue weighted by atomic mass is 35.5. The first-order chi connectivity index (χ1) is 7.56. The number of pyridine rings is 1. The number of ether oxygens (including phenoxy) is 1. The van der Waals surface area contributed by atoms with Gasteiger partial charge < -0.3 is 4.74 Å². The third kappa shape index (κ3) is 3.41. The fourth-order valence-corrected chi connectivity index (χ4v) is 1.33. The second kappa shape index (κ2) is 5.75. The van der Waals surface area contributed by atoms with Crippen molar-refractivity contribution in [3.63, 3.8) is 0 Å². The Bertz CT molecular complexity index is 385. The lowest BCUT2D eigenvalue weighted by Crippen LogP contribution is -2.08. The first-order valence-electron chi connectivity index (χ1n) is 4.47. The monoisotopic (exact) mass is 249 g/mol. The molecule has 88 valence electrons. The maximum absolute atomic E-state index is 12.5. The van der Waals surface area contributed by atoms with Gasteiger partial charge in [0.05, 0.1) is 19.2 Å². The molecule has 0 N–H and O–H groups in total. The molecular weight excluding hydrogens is 240 g/mol. The molecule has 1 aromatic rings. The molecule has 0 bridgehead atoms. The fraction of sp³-hybridized carbons (Fsp3) is 0.400. The Morgan fingerprint density at radius 2 is 2.25 bits per heavy atom. The average Bonchev–Trinajstić information content (AvgIpc) is 2.28. The van der Waals surface area contributed by atoms with Gasteiger partial charge in [0.2, 0.25) is 0 Å². The fourth-order valence-electron chi connectivity index (χ4n) is 1.18. The van der Waals surface area contributed by atoms with Gasteiger partial charge in [0.1, 0.15) is 5.69 Å². The number of aromatic nitrogens is 1. The quantitative estimate of drug-likeness (QED) is 0.608. The van der Waals surface area contributed by atoms with E-state index in [2.05, 4.69) is 9.72 Å². The Hall–Kier alpha value is -1.23. The molecule has 0 aliphatic heterocycles. The summed E-state index contributed by atoms with van der Waals surface area (Å²) in [5.74, 6) is -0.435. The third-order valence-corrected chi connectivity index (χ3v) is 2.20. The van der Waals surface area contributed by atoms with Gasteiger partial charge in [-0.15, -0.1) is 11.6 Å². The van der Waals surface area contributed by atoms with E-state index in [4.69, 9.17) is 11.6 Å². The van der Waals surface area contributed by atoms with Gasteiger partial charge in [0.25, 0.3) is 6.43 Å². The zero-order valence-corrected chi connectivity index (χ0v) is 9.30. The van der Waals surface area contributed by atoms with E-state index < -0.39 is 12.4 Å². The normalized spacial score (nSPS) is 10.6. The minimum atomic E-state index is -2.68. The minimum Gasteiger partial charge on any atom is -0.469 e. The molecule has 3 nitrogen and oxygen atoms in total. The zero-order chi connectivity index (χ0) is 12.1. The molecule has 0 unspecified atom stereocenters. The number of hydrogen-bond donors (Lipinski definition) is 0. The van der Waals surface area contributed by atoms with Crippen molar-refractivity contribution >= 4 is 17.6 Å². The predicted octanol–water partition coefficient (Wildman–Crippen LogP) is 2.47. The molecule has 0 aliphatic rings. The molecule has 16 heavy (non-hydrogen) atoms. The highest BCUT2D eigenvalue weighted by Gasteiger charge is 2.13. The Kier molecular flexibility index (Phi) is 4.61. The van der Waals surface area contributed by atoms with Crippen molar-refractivity contribution in [1.82, 2.24) is 4.98 Å². The van der Waals surface area contributed by atoms with E-state index >= 15 is 0 Å². The van der Waals surface area contributed by atoms with Crippen molar-refractivity contribution in [3.8, 4) is 0 Å². The summed E-state index contributed by atoms with van der Waals surface area (Å²) in [7, 11) is 1.22. The van der Waals surface area contributed by atoms with E-state index in [-0.39, 0.29) is 23.7 Å². The lowest BCUT2D eigenvalue weighted by atomic mass is 10.2. The Morgan fingerprint density at radius 1 is 1.56 bits per heavy atom. The van der Waals surface area contributed by atoms with Crippen LogP contribution in [-0.4, -0.2) is 18.1 Å². The Balaban J connectivity index is 2.99. The molecule has 1 aromatic heterocycles. The zero-order valence-electron chi connectivity index (χ0n) is 8.54. The van der Waals surface area contributed by atoms with Crippen LogP contribution in [0.15, 0.2) is 12.1 Å². The van der Waals surface area contributed by atoms with Crippen LogP contribution in [0.1, 0.15) is 23.4 Å². The molecule has 0 aromatic carbocycles. The van der Waals surface area contributed by atoms with Crippen LogP contribution in [0.2, 0.25) is 0 Å². The molecule has 0 saturated carbocycles. The number of halogens is 3. The highest BCUT2D eigenvalue weighted by Crippen LogP contribution is 2.19. The second-order valence-electron chi connectivity index (χ2n) is 3.08. The molecule has 0 radical (unpaired) electrons. The van der Waals surface area contributed by atoms with Crippen molar-refractivity contribution in [2.75, 3.05) is 7.11 Å². The summed E-state index contributed by atoms with van der Waals surface area (Å²) in [6.07, 6.45) is -2.82. The summed E-state index contributed by atoms with van der Waals surface area (Å²) >= 11 is 5.56. The maximum atomic E-state index is 12.5. The maximum Gasteiger partial charge on any atom is 0.311 e. The summed E-state index contributed by atoms with van der Waals surface area (Å²) < 4.78 is 29.4. The Labute approximate surface area is 96.4 Å². The molecule has 6 heteroatoms. The number of nitrogens with zero attached hydrogens (tertiary/aromatic N) is 1. The minimum absolute atomic E-state index is 0.0937. The molecule has 0 atom stereocenters. The van der Waals surface area contributed by atoms with Gasteiger partial charge in [-0.2, -0.15) is 0 Å². The molecular formula is C10H10ClF2NO2. The number of hydrogen-bond acceptors (Lipinski definition) is 3. The summed E-state index contributed by atoms with van der Waals surface area (Å²) in [5, 5.41) is 0. The number of rotatable bonds is 4. The van der Waals surface area contributed by atoms with Crippen molar-refractivity contribution in [1.29, 1.82) is 0 Å². The van der Waals surface area contributed by atoms with Crippen molar-refractivity contribution in [2.45, 2.75) is 18.7 Å². The van der Waals surface area contributed by atoms with Crippen LogP contribution >= 0.6 is 11.6 Å². The number of carbonyl (C=O) groups excluding carboxylic acids is 1. The van der Waals surface area contributed by atoms with E-state index in [1.165, 1.54) is 19.2 Å².